The Bertz CT molecular complexity index is 1170. The van der Waals surface area contributed by atoms with Gasteiger partial charge in [0.15, 0.2) is 0 Å². The zero-order valence-corrected chi connectivity index (χ0v) is 17.1. The summed E-state index contributed by atoms with van der Waals surface area (Å²) >= 11 is 1.50. The lowest BCUT2D eigenvalue weighted by Crippen LogP contribution is -2.35. The molecule has 2 heterocycles. The summed E-state index contributed by atoms with van der Waals surface area (Å²) in [4.78, 5) is 31.9. The van der Waals surface area contributed by atoms with Gasteiger partial charge < -0.3 is 5.32 Å². The molecule has 29 heavy (non-hydrogen) atoms. The molecule has 0 aliphatic rings. The maximum Gasteiger partial charge on any atom is 0.262 e. The van der Waals surface area contributed by atoms with E-state index in [1.54, 1.807) is 0 Å². The van der Waals surface area contributed by atoms with Crippen molar-refractivity contribution in [3.05, 3.63) is 98.9 Å². The second kappa shape index (κ2) is 8.01. The van der Waals surface area contributed by atoms with Gasteiger partial charge >= 0.3 is 0 Å². The number of aromatic nitrogens is 2. The molecule has 4 aromatic rings. The zero-order valence-electron chi connectivity index (χ0n) is 16.3. The predicted molar refractivity (Wildman–Crippen MR) is 116 cm³/mol. The van der Waals surface area contributed by atoms with Gasteiger partial charge in [0.05, 0.1) is 17.8 Å². The first-order valence-corrected chi connectivity index (χ1v) is 10.2. The Morgan fingerprint density at radius 3 is 2.21 bits per heavy atom. The minimum absolute atomic E-state index is 0.0771. The van der Waals surface area contributed by atoms with Crippen LogP contribution in [0.5, 0.6) is 0 Å². The number of carbonyl (C=O) groups excluding carboxylic acids is 1. The molecule has 1 N–H and O–H groups in total. The number of amides is 1. The van der Waals surface area contributed by atoms with Crippen LogP contribution in [-0.2, 0) is 11.3 Å². The lowest BCUT2D eigenvalue weighted by atomic mass is 9.99. The molecule has 0 fully saturated rings. The van der Waals surface area contributed by atoms with Crippen molar-refractivity contribution in [1.82, 2.24) is 14.9 Å². The summed E-state index contributed by atoms with van der Waals surface area (Å²) in [7, 11) is 0. The first-order chi connectivity index (χ1) is 14.0. The second-order valence-corrected chi connectivity index (χ2v) is 8.17. The number of carbonyl (C=O) groups is 1. The highest BCUT2D eigenvalue weighted by molar-refractivity contribution is 7.18. The third kappa shape index (κ3) is 3.84. The van der Waals surface area contributed by atoms with E-state index in [1.807, 2.05) is 74.5 Å². The van der Waals surface area contributed by atoms with Gasteiger partial charge in [-0.3, -0.25) is 14.2 Å². The second-order valence-electron chi connectivity index (χ2n) is 6.96. The maximum absolute atomic E-state index is 12.9. The third-order valence-corrected chi connectivity index (χ3v) is 6.16. The topological polar surface area (TPSA) is 64.0 Å². The number of nitrogens with zero attached hydrogens (tertiary/aromatic N) is 2. The minimum atomic E-state index is -0.289. The van der Waals surface area contributed by atoms with Gasteiger partial charge in [0.2, 0.25) is 5.91 Å². The van der Waals surface area contributed by atoms with E-state index in [4.69, 9.17) is 0 Å². The summed E-state index contributed by atoms with van der Waals surface area (Å²) < 4.78 is 1.38. The van der Waals surface area contributed by atoms with Crippen LogP contribution in [0.4, 0.5) is 0 Å². The number of thiophene rings is 1. The van der Waals surface area contributed by atoms with E-state index < -0.39 is 0 Å². The normalized spacial score (nSPS) is 11.1. The first kappa shape index (κ1) is 19.1. The van der Waals surface area contributed by atoms with Gasteiger partial charge in [-0.15, -0.1) is 11.3 Å². The van der Waals surface area contributed by atoms with Crippen LogP contribution in [0, 0.1) is 13.8 Å². The predicted octanol–water partition coefficient (Wildman–Crippen LogP) is 3.98. The summed E-state index contributed by atoms with van der Waals surface area (Å²) in [6, 6.07) is 19.3. The Morgan fingerprint density at radius 1 is 1.03 bits per heavy atom. The number of hydrogen-bond acceptors (Lipinski definition) is 4. The Hall–Kier alpha value is -3.25. The van der Waals surface area contributed by atoms with Crippen LogP contribution < -0.4 is 10.9 Å². The fraction of sp³-hybridized carbons (Fsp3) is 0.174. The van der Waals surface area contributed by atoms with Crippen molar-refractivity contribution < 1.29 is 4.79 Å². The fourth-order valence-corrected chi connectivity index (χ4v) is 4.38. The molecule has 6 heteroatoms. The molecule has 0 aliphatic carbocycles. The molecular formula is C23H21N3O2S. The van der Waals surface area contributed by atoms with Crippen LogP contribution in [0.15, 0.2) is 71.8 Å². The van der Waals surface area contributed by atoms with E-state index in [0.717, 1.165) is 21.6 Å². The van der Waals surface area contributed by atoms with Crippen LogP contribution >= 0.6 is 11.3 Å². The SMILES string of the molecule is Cc1sc2ncn(CC(=O)NC(c3ccccc3)c3ccccc3)c(=O)c2c1C. The van der Waals surface area contributed by atoms with Crippen molar-refractivity contribution in [3.8, 4) is 0 Å². The van der Waals surface area contributed by atoms with E-state index >= 15 is 0 Å². The van der Waals surface area contributed by atoms with Gasteiger partial charge in [-0.25, -0.2) is 4.98 Å². The van der Waals surface area contributed by atoms with Crippen molar-refractivity contribution in [2.75, 3.05) is 0 Å². The smallest absolute Gasteiger partial charge is 0.262 e. The third-order valence-electron chi connectivity index (χ3n) is 5.04. The van der Waals surface area contributed by atoms with Crippen molar-refractivity contribution in [3.63, 3.8) is 0 Å². The molecule has 0 radical (unpaired) electrons. The summed E-state index contributed by atoms with van der Waals surface area (Å²) in [6.07, 6.45) is 1.46. The maximum atomic E-state index is 12.9. The number of rotatable bonds is 5. The Kier molecular flexibility index (Phi) is 5.27. The van der Waals surface area contributed by atoms with Gasteiger partial charge in [0.25, 0.3) is 5.56 Å². The molecule has 2 aromatic carbocycles. The molecule has 5 nitrogen and oxygen atoms in total. The summed E-state index contributed by atoms with van der Waals surface area (Å²) in [5.41, 5.74) is 2.72. The van der Waals surface area contributed by atoms with Gasteiger partial charge in [-0.2, -0.15) is 0 Å². The lowest BCUT2D eigenvalue weighted by molar-refractivity contribution is -0.122. The standard InChI is InChI=1S/C23H21N3O2S/c1-15-16(2)29-22-20(15)23(28)26(14-24-22)13-19(27)25-21(17-9-5-3-6-10-17)18-11-7-4-8-12-18/h3-12,14,21H,13H2,1-2H3,(H,25,27). The summed E-state index contributed by atoms with van der Waals surface area (Å²) in [5, 5.41) is 3.67. The molecule has 0 bridgehead atoms. The summed E-state index contributed by atoms with van der Waals surface area (Å²) in [5.74, 6) is -0.240. The molecule has 0 aliphatic heterocycles. The summed E-state index contributed by atoms with van der Waals surface area (Å²) in [6.45, 7) is 3.82. The lowest BCUT2D eigenvalue weighted by Gasteiger charge is -2.20. The number of nitrogens with one attached hydrogen (secondary N) is 1. The van der Waals surface area contributed by atoms with Crippen molar-refractivity contribution in [1.29, 1.82) is 0 Å². The first-order valence-electron chi connectivity index (χ1n) is 9.39. The molecule has 2 aromatic heterocycles. The quantitative estimate of drug-likeness (QED) is 0.548. The molecule has 1 amide bonds. The van der Waals surface area contributed by atoms with Gasteiger partial charge in [-0.1, -0.05) is 60.7 Å². The number of hydrogen-bond donors (Lipinski definition) is 1. The van der Waals surface area contributed by atoms with Crippen LogP contribution in [0.25, 0.3) is 10.2 Å². The Balaban J connectivity index is 1.62. The largest absolute Gasteiger partial charge is 0.344 e. The van der Waals surface area contributed by atoms with Crippen LogP contribution in [0.2, 0.25) is 0 Å². The molecule has 146 valence electrons. The minimum Gasteiger partial charge on any atom is -0.344 e. The number of aryl methyl sites for hydroxylation is 2. The number of benzene rings is 2. The molecule has 0 atom stereocenters. The highest BCUT2D eigenvalue weighted by Gasteiger charge is 2.18. The van der Waals surface area contributed by atoms with Crippen LogP contribution in [0.1, 0.15) is 27.6 Å². The van der Waals surface area contributed by atoms with E-state index in [9.17, 15) is 9.59 Å². The van der Waals surface area contributed by atoms with Crippen LogP contribution in [-0.4, -0.2) is 15.5 Å². The van der Waals surface area contributed by atoms with Crippen molar-refractivity contribution in [2.24, 2.45) is 0 Å². The van der Waals surface area contributed by atoms with Crippen molar-refractivity contribution in [2.45, 2.75) is 26.4 Å². The average Bonchev–Trinajstić information content (AvgIpc) is 3.04. The molecule has 0 spiro atoms. The van der Waals surface area contributed by atoms with Crippen LogP contribution in [0.3, 0.4) is 0 Å². The van der Waals surface area contributed by atoms with E-state index in [2.05, 4.69) is 10.3 Å². The van der Waals surface area contributed by atoms with E-state index in [1.165, 1.54) is 22.2 Å². The monoisotopic (exact) mass is 403 g/mol. The van der Waals surface area contributed by atoms with Gasteiger partial charge in [-0.05, 0) is 30.5 Å². The molecule has 0 saturated heterocycles. The molecule has 0 saturated carbocycles. The molecular weight excluding hydrogens is 382 g/mol. The zero-order chi connectivity index (χ0) is 20.4. The average molecular weight is 404 g/mol. The van der Waals surface area contributed by atoms with Gasteiger partial charge in [0, 0.05) is 4.88 Å². The van der Waals surface area contributed by atoms with Gasteiger partial charge in [0.1, 0.15) is 11.4 Å². The number of fused-ring (bicyclic) bond motifs is 1. The van der Waals surface area contributed by atoms with E-state index in [-0.39, 0.29) is 24.1 Å². The molecule has 4 rings (SSSR count). The Labute approximate surface area is 172 Å². The Morgan fingerprint density at radius 2 is 1.62 bits per heavy atom. The highest BCUT2D eigenvalue weighted by atomic mass is 32.1. The van der Waals surface area contributed by atoms with Crippen molar-refractivity contribution >= 4 is 27.5 Å². The fourth-order valence-electron chi connectivity index (χ4n) is 3.39. The highest BCUT2D eigenvalue weighted by Crippen LogP contribution is 2.25. The molecule has 0 unspecified atom stereocenters. The van der Waals surface area contributed by atoms with E-state index in [0.29, 0.717) is 10.2 Å².